The summed E-state index contributed by atoms with van der Waals surface area (Å²) >= 11 is 1.66. The molecule has 2 rings (SSSR count). The summed E-state index contributed by atoms with van der Waals surface area (Å²) in [6, 6.07) is 2.01. The third kappa shape index (κ3) is 2.12. The summed E-state index contributed by atoms with van der Waals surface area (Å²) in [7, 11) is 0. The zero-order valence-corrected chi connectivity index (χ0v) is 8.50. The highest BCUT2D eigenvalue weighted by molar-refractivity contribution is 8.03. The normalized spacial score (nSPS) is 17.9. The van der Waals surface area contributed by atoms with Crippen molar-refractivity contribution < 1.29 is 0 Å². The number of aliphatic imine (C=N–C) groups is 1. The second-order valence-corrected chi connectivity index (χ2v) is 4.07. The quantitative estimate of drug-likeness (QED) is 0.646. The second-order valence-electron chi connectivity index (χ2n) is 2.90. The Bertz CT molecular complexity index is 408. The Morgan fingerprint density at radius 2 is 2.36 bits per heavy atom. The molecule has 1 aliphatic heterocycles. The van der Waals surface area contributed by atoms with Crippen molar-refractivity contribution in [3.05, 3.63) is 47.8 Å². The molecule has 0 bridgehead atoms. The van der Waals surface area contributed by atoms with E-state index in [4.69, 9.17) is 0 Å². The first-order valence-corrected chi connectivity index (χ1v) is 5.16. The highest BCUT2D eigenvalue weighted by atomic mass is 32.2. The lowest BCUT2D eigenvalue weighted by molar-refractivity contribution is 1.15. The molecule has 0 atom stereocenters. The predicted molar refractivity (Wildman–Crippen MR) is 60.6 cm³/mol. The number of pyridine rings is 1. The van der Waals surface area contributed by atoms with Crippen LogP contribution in [-0.2, 0) is 6.42 Å². The van der Waals surface area contributed by atoms with Crippen LogP contribution in [0, 0.1) is 0 Å². The van der Waals surface area contributed by atoms with Crippen molar-refractivity contribution in [3.8, 4) is 0 Å². The van der Waals surface area contributed by atoms with E-state index in [1.807, 2.05) is 24.6 Å². The fourth-order valence-electron chi connectivity index (χ4n) is 1.18. The number of aromatic nitrogens is 1. The van der Waals surface area contributed by atoms with Gasteiger partial charge in [0.05, 0.1) is 0 Å². The Labute approximate surface area is 87.5 Å². The average Bonchev–Trinajstić information content (AvgIpc) is 2.27. The van der Waals surface area contributed by atoms with Crippen molar-refractivity contribution in [2.24, 2.45) is 4.99 Å². The van der Waals surface area contributed by atoms with Crippen LogP contribution >= 0.6 is 11.8 Å². The first-order valence-electron chi connectivity index (χ1n) is 4.34. The molecule has 1 aliphatic rings. The Morgan fingerprint density at radius 1 is 1.43 bits per heavy atom. The standard InChI is InChI=1S/C11H10N2S/c1-9-2-5-12-6-3-10-8-13-7-4-11(10)14-9/h2,4-8H,1,3H2/b5-2-,12-6?. The molecule has 2 heterocycles. The lowest BCUT2D eigenvalue weighted by Crippen LogP contribution is -1.90. The molecule has 0 saturated heterocycles. The van der Waals surface area contributed by atoms with Crippen molar-refractivity contribution in [3.63, 3.8) is 0 Å². The van der Waals surface area contributed by atoms with Crippen LogP contribution in [0.3, 0.4) is 0 Å². The summed E-state index contributed by atoms with van der Waals surface area (Å²) in [6.07, 6.45) is 10.1. The zero-order chi connectivity index (χ0) is 9.80. The molecule has 0 aromatic carbocycles. The molecular weight excluding hydrogens is 192 g/mol. The fourth-order valence-corrected chi connectivity index (χ4v) is 1.99. The maximum absolute atomic E-state index is 4.13. The zero-order valence-electron chi connectivity index (χ0n) is 7.68. The molecule has 0 amide bonds. The smallest absolute Gasteiger partial charge is 0.0314 e. The van der Waals surface area contributed by atoms with Crippen LogP contribution in [0.25, 0.3) is 0 Å². The molecular formula is C11H10N2S. The van der Waals surface area contributed by atoms with E-state index in [0.29, 0.717) is 0 Å². The molecule has 0 aliphatic carbocycles. The molecule has 0 spiro atoms. The summed E-state index contributed by atoms with van der Waals surface area (Å²) in [6.45, 7) is 3.94. The lowest BCUT2D eigenvalue weighted by atomic mass is 10.2. The van der Waals surface area contributed by atoms with Gasteiger partial charge < -0.3 is 0 Å². The number of thioether (sulfide) groups is 1. The topological polar surface area (TPSA) is 25.2 Å². The number of hydrogen-bond donors (Lipinski definition) is 0. The van der Waals surface area contributed by atoms with Crippen LogP contribution in [0.15, 0.2) is 52.1 Å². The van der Waals surface area contributed by atoms with Crippen molar-refractivity contribution in [2.45, 2.75) is 11.3 Å². The van der Waals surface area contributed by atoms with E-state index in [1.54, 1.807) is 24.2 Å². The maximum Gasteiger partial charge on any atom is 0.0314 e. The van der Waals surface area contributed by atoms with Gasteiger partial charge in [0, 0.05) is 41.0 Å². The Hall–Kier alpha value is -1.35. The molecule has 14 heavy (non-hydrogen) atoms. The van der Waals surface area contributed by atoms with Crippen molar-refractivity contribution in [1.29, 1.82) is 0 Å². The summed E-state index contributed by atoms with van der Waals surface area (Å²) in [5.74, 6) is 0. The SMILES string of the molecule is C=C1/C=C\N=CCc2cnccc2S1. The average molecular weight is 202 g/mol. The molecule has 0 unspecified atom stereocenters. The Morgan fingerprint density at radius 3 is 3.29 bits per heavy atom. The van der Waals surface area contributed by atoms with Gasteiger partial charge in [0.1, 0.15) is 0 Å². The third-order valence-corrected chi connectivity index (χ3v) is 2.88. The number of nitrogens with zero attached hydrogens (tertiary/aromatic N) is 2. The second kappa shape index (κ2) is 4.24. The molecule has 0 radical (unpaired) electrons. The van der Waals surface area contributed by atoms with Crippen LogP contribution < -0.4 is 0 Å². The predicted octanol–water partition coefficient (Wildman–Crippen LogP) is 2.83. The van der Waals surface area contributed by atoms with Gasteiger partial charge in [0.2, 0.25) is 0 Å². The van der Waals surface area contributed by atoms with Crippen molar-refractivity contribution in [1.82, 2.24) is 4.98 Å². The summed E-state index contributed by atoms with van der Waals surface area (Å²) in [5.41, 5.74) is 1.20. The molecule has 3 heteroatoms. The monoisotopic (exact) mass is 202 g/mol. The van der Waals surface area contributed by atoms with Gasteiger partial charge in [-0.2, -0.15) is 0 Å². The number of rotatable bonds is 0. The van der Waals surface area contributed by atoms with E-state index in [1.165, 1.54) is 10.5 Å². The van der Waals surface area contributed by atoms with E-state index in [2.05, 4.69) is 16.6 Å². The van der Waals surface area contributed by atoms with Gasteiger partial charge in [0.15, 0.2) is 0 Å². The van der Waals surface area contributed by atoms with E-state index in [0.717, 1.165) is 11.3 Å². The highest BCUT2D eigenvalue weighted by Crippen LogP contribution is 2.29. The van der Waals surface area contributed by atoms with E-state index in [-0.39, 0.29) is 0 Å². The molecule has 2 nitrogen and oxygen atoms in total. The minimum atomic E-state index is 0.827. The minimum absolute atomic E-state index is 0.827. The van der Waals surface area contributed by atoms with E-state index in [9.17, 15) is 0 Å². The molecule has 0 fully saturated rings. The fraction of sp³-hybridized carbons (Fsp3) is 0.0909. The third-order valence-electron chi connectivity index (χ3n) is 1.86. The number of allylic oxidation sites excluding steroid dienone is 1. The van der Waals surface area contributed by atoms with Gasteiger partial charge in [-0.05, 0) is 17.7 Å². The molecule has 0 N–H and O–H groups in total. The summed E-state index contributed by atoms with van der Waals surface area (Å²) < 4.78 is 0. The minimum Gasteiger partial charge on any atom is -0.269 e. The lowest BCUT2D eigenvalue weighted by Gasteiger charge is -2.04. The number of hydrogen-bond acceptors (Lipinski definition) is 3. The van der Waals surface area contributed by atoms with Crippen LogP contribution in [0.2, 0.25) is 0 Å². The van der Waals surface area contributed by atoms with Gasteiger partial charge >= 0.3 is 0 Å². The van der Waals surface area contributed by atoms with Gasteiger partial charge in [-0.15, -0.1) is 0 Å². The number of fused-ring (bicyclic) bond motifs is 1. The van der Waals surface area contributed by atoms with Crippen molar-refractivity contribution in [2.75, 3.05) is 0 Å². The molecule has 0 saturated carbocycles. The highest BCUT2D eigenvalue weighted by Gasteiger charge is 2.03. The van der Waals surface area contributed by atoms with Crippen LogP contribution in [0.1, 0.15) is 5.56 Å². The van der Waals surface area contributed by atoms with Crippen LogP contribution in [0.4, 0.5) is 0 Å². The summed E-state index contributed by atoms with van der Waals surface area (Å²) in [4.78, 5) is 10.4. The first-order chi connectivity index (χ1) is 6.86. The van der Waals surface area contributed by atoms with E-state index >= 15 is 0 Å². The van der Waals surface area contributed by atoms with Gasteiger partial charge in [-0.25, -0.2) is 0 Å². The van der Waals surface area contributed by atoms with Gasteiger partial charge in [-0.1, -0.05) is 18.3 Å². The maximum atomic E-state index is 4.13. The first kappa shape index (κ1) is 9.21. The Balaban J connectivity index is 2.39. The Kier molecular flexibility index (Phi) is 2.79. The van der Waals surface area contributed by atoms with Crippen LogP contribution in [0.5, 0.6) is 0 Å². The van der Waals surface area contributed by atoms with Crippen LogP contribution in [-0.4, -0.2) is 11.2 Å². The largest absolute Gasteiger partial charge is 0.269 e. The molecule has 1 aromatic heterocycles. The van der Waals surface area contributed by atoms with Gasteiger partial charge in [0.25, 0.3) is 0 Å². The summed E-state index contributed by atoms with van der Waals surface area (Å²) in [5, 5.41) is 0. The van der Waals surface area contributed by atoms with Gasteiger partial charge in [-0.3, -0.25) is 9.98 Å². The van der Waals surface area contributed by atoms with Crippen molar-refractivity contribution >= 4 is 18.0 Å². The van der Waals surface area contributed by atoms with E-state index < -0.39 is 0 Å². The molecule has 70 valence electrons. The molecule has 1 aromatic rings.